The highest BCUT2D eigenvalue weighted by Crippen LogP contribution is 2.20. The molecule has 0 radical (unpaired) electrons. The number of amides is 1. The van der Waals surface area contributed by atoms with E-state index in [1.807, 2.05) is 30.3 Å². The second-order valence-corrected chi connectivity index (χ2v) is 5.46. The van der Waals surface area contributed by atoms with Crippen LogP contribution in [0.1, 0.15) is 11.7 Å². The van der Waals surface area contributed by atoms with E-state index in [9.17, 15) is 18.7 Å². The SMILES string of the molecule is O=C(Cn1ccc2ccccc21)NCC(O)c1c(F)cccc1F. The zero-order chi connectivity index (χ0) is 17.1. The third-order valence-electron chi connectivity index (χ3n) is 3.82. The van der Waals surface area contributed by atoms with Gasteiger partial charge in [-0.2, -0.15) is 0 Å². The molecule has 6 heteroatoms. The summed E-state index contributed by atoms with van der Waals surface area (Å²) in [5.74, 6) is -2.03. The first-order valence-electron chi connectivity index (χ1n) is 7.49. The molecule has 1 amide bonds. The van der Waals surface area contributed by atoms with Crippen molar-refractivity contribution < 1.29 is 18.7 Å². The van der Waals surface area contributed by atoms with Gasteiger partial charge in [0.25, 0.3) is 0 Å². The molecule has 0 bridgehead atoms. The maximum atomic E-state index is 13.6. The van der Waals surface area contributed by atoms with Crippen molar-refractivity contribution in [3.8, 4) is 0 Å². The van der Waals surface area contributed by atoms with Crippen molar-refractivity contribution in [3.63, 3.8) is 0 Å². The number of nitrogens with zero attached hydrogens (tertiary/aromatic N) is 1. The van der Waals surface area contributed by atoms with Crippen molar-refractivity contribution >= 4 is 16.8 Å². The van der Waals surface area contributed by atoms with Crippen LogP contribution in [0.2, 0.25) is 0 Å². The van der Waals surface area contributed by atoms with E-state index in [0.29, 0.717) is 0 Å². The molecule has 1 heterocycles. The number of hydrogen-bond acceptors (Lipinski definition) is 2. The monoisotopic (exact) mass is 330 g/mol. The Labute approximate surface area is 137 Å². The minimum Gasteiger partial charge on any atom is -0.386 e. The Morgan fingerprint density at radius 2 is 1.79 bits per heavy atom. The molecule has 124 valence electrons. The first-order chi connectivity index (χ1) is 11.6. The number of carbonyl (C=O) groups excluding carboxylic acids is 1. The molecule has 1 atom stereocenters. The highest BCUT2D eigenvalue weighted by Gasteiger charge is 2.18. The van der Waals surface area contributed by atoms with Crippen molar-refractivity contribution in [2.75, 3.05) is 6.54 Å². The summed E-state index contributed by atoms with van der Waals surface area (Å²) in [4.78, 5) is 12.0. The summed E-state index contributed by atoms with van der Waals surface area (Å²) in [6, 6.07) is 12.9. The Hall–Kier alpha value is -2.73. The summed E-state index contributed by atoms with van der Waals surface area (Å²) in [6.45, 7) is -0.212. The lowest BCUT2D eigenvalue weighted by Gasteiger charge is -2.14. The van der Waals surface area contributed by atoms with E-state index in [2.05, 4.69) is 5.32 Å². The smallest absolute Gasteiger partial charge is 0.240 e. The minimum atomic E-state index is -1.45. The molecule has 4 nitrogen and oxygen atoms in total. The van der Waals surface area contributed by atoms with E-state index in [1.165, 1.54) is 6.07 Å². The van der Waals surface area contributed by atoms with Gasteiger partial charge in [0.2, 0.25) is 5.91 Å². The summed E-state index contributed by atoms with van der Waals surface area (Å²) in [7, 11) is 0. The Kier molecular flexibility index (Phi) is 4.57. The number of rotatable bonds is 5. The predicted molar refractivity (Wildman–Crippen MR) is 86.3 cm³/mol. The zero-order valence-corrected chi connectivity index (χ0v) is 12.7. The van der Waals surface area contributed by atoms with Gasteiger partial charge in [0.05, 0.1) is 5.56 Å². The molecule has 3 rings (SSSR count). The summed E-state index contributed by atoms with van der Waals surface area (Å²) in [5.41, 5.74) is 0.470. The average Bonchev–Trinajstić information content (AvgIpc) is 2.96. The Balaban J connectivity index is 1.63. The number of fused-ring (bicyclic) bond motifs is 1. The van der Waals surface area contributed by atoms with Crippen LogP contribution in [0.4, 0.5) is 8.78 Å². The number of para-hydroxylation sites is 1. The standard InChI is InChI=1S/C18H16F2N2O2/c19-13-5-3-6-14(20)18(13)16(23)10-21-17(24)11-22-9-8-12-4-1-2-7-15(12)22/h1-9,16,23H,10-11H2,(H,21,24). The molecule has 0 aliphatic heterocycles. The Morgan fingerprint density at radius 1 is 1.08 bits per heavy atom. The molecule has 0 saturated carbocycles. The number of halogens is 2. The van der Waals surface area contributed by atoms with E-state index in [-0.39, 0.29) is 19.0 Å². The van der Waals surface area contributed by atoms with Crippen LogP contribution in [0.25, 0.3) is 10.9 Å². The van der Waals surface area contributed by atoms with Gasteiger partial charge in [0.15, 0.2) is 0 Å². The second kappa shape index (κ2) is 6.80. The third-order valence-corrected chi connectivity index (χ3v) is 3.82. The number of carbonyl (C=O) groups is 1. The van der Waals surface area contributed by atoms with Crippen LogP contribution in [-0.4, -0.2) is 22.1 Å². The molecule has 0 saturated heterocycles. The highest BCUT2D eigenvalue weighted by molar-refractivity contribution is 5.83. The zero-order valence-electron chi connectivity index (χ0n) is 12.7. The topological polar surface area (TPSA) is 54.3 Å². The number of aliphatic hydroxyl groups excluding tert-OH is 1. The predicted octanol–water partition coefficient (Wildman–Crippen LogP) is 2.77. The second-order valence-electron chi connectivity index (χ2n) is 5.46. The molecule has 0 spiro atoms. The number of hydrogen-bond donors (Lipinski definition) is 2. The fourth-order valence-electron chi connectivity index (χ4n) is 2.63. The fraction of sp³-hybridized carbons (Fsp3) is 0.167. The maximum Gasteiger partial charge on any atom is 0.240 e. The van der Waals surface area contributed by atoms with Crippen LogP contribution in [0.15, 0.2) is 54.7 Å². The van der Waals surface area contributed by atoms with Gasteiger partial charge in [-0.05, 0) is 29.7 Å². The molecular weight excluding hydrogens is 314 g/mol. The lowest BCUT2D eigenvalue weighted by molar-refractivity contribution is -0.122. The van der Waals surface area contributed by atoms with Crippen LogP contribution in [-0.2, 0) is 11.3 Å². The van der Waals surface area contributed by atoms with Gasteiger partial charge in [0.1, 0.15) is 24.3 Å². The first kappa shape index (κ1) is 16.1. The molecule has 0 aliphatic carbocycles. The van der Waals surface area contributed by atoms with Crippen LogP contribution in [0.5, 0.6) is 0 Å². The summed E-state index contributed by atoms with van der Waals surface area (Å²) >= 11 is 0. The average molecular weight is 330 g/mol. The van der Waals surface area contributed by atoms with Crippen molar-refractivity contribution in [2.24, 2.45) is 0 Å². The van der Waals surface area contributed by atoms with Gasteiger partial charge in [-0.1, -0.05) is 24.3 Å². The fourth-order valence-corrected chi connectivity index (χ4v) is 2.63. The molecule has 2 aromatic carbocycles. The largest absolute Gasteiger partial charge is 0.386 e. The molecule has 1 aromatic heterocycles. The van der Waals surface area contributed by atoms with E-state index in [4.69, 9.17) is 0 Å². The number of benzene rings is 2. The highest BCUT2D eigenvalue weighted by atomic mass is 19.1. The number of nitrogens with one attached hydrogen (secondary N) is 1. The normalized spacial score (nSPS) is 12.3. The number of aromatic nitrogens is 1. The van der Waals surface area contributed by atoms with Gasteiger partial charge < -0.3 is 15.0 Å². The molecule has 3 aromatic rings. The minimum absolute atomic E-state index is 0.0555. The van der Waals surface area contributed by atoms with Gasteiger partial charge in [-0.15, -0.1) is 0 Å². The summed E-state index contributed by atoms with van der Waals surface area (Å²) in [5, 5.41) is 13.4. The van der Waals surface area contributed by atoms with Crippen LogP contribution in [0.3, 0.4) is 0 Å². The van der Waals surface area contributed by atoms with Gasteiger partial charge >= 0.3 is 0 Å². The molecular formula is C18H16F2N2O2. The van der Waals surface area contributed by atoms with Crippen molar-refractivity contribution in [2.45, 2.75) is 12.6 Å². The molecule has 1 unspecified atom stereocenters. The van der Waals surface area contributed by atoms with Crippen LogP contribution >= 0.6 is 0 Å². The third kappa shape index (κ3) is 3.28. The van der Waals surface area contributed by atoms with E-state index in [0.717, 1.165) is 23.0 Å². The Morgan fingerprint density at radius 3 is 2.54 bits per heavy atom. The molecule has 0 aliphatic rings. The van der Waals surface area contributed by atoms with Gasteiger partial charge in [-0.3, -0.25) is 4.79 Å². The van der Waals surface area contributed by atoms with Crippen molar-refractivity contribution in [3.05, 3.63) is 71.9 Å². The lowest BCUT2D eigenvalue weighted by atomic mass is 10.1. The quantitative estimate of drug-likeness (QED) is 0.756. The Bertz CT molecular complexity index is 856. The van der Waals surface area contributed by atoms with E-state index < -0.39 is 23.3 Å². The van der Waals surface area contributed by atoms with Gasteiger partial charge in [-0.25, -0.2) is 8.78 Å². The molecule has 24 heavy (non-hydrogen) atoms. The molecule has 2 N–H and O–H groups in total. The van der Waals surface area contributed by atoms with Gasteiger partial charge in [0, 0.05) is 18.3 Å². The lowest BCUT2D eigenvalue weighted by Crippen LogP contribution is -2.31. The molecule has 0 fully saturated rings. The van der Waals surface area contributed by atoms with Crippen LogP contribution < -0.4 is 5.32 Å². The van der Waals surface area contributed by atoms with E-state index in [1.54, 1.807) is 10.8 Å². The van der Waals surface area contributed by atoms with Crippen LogP contribution in [0, 0.1) is 11.6 Å². The summed E-state index contributed by atoms with van der Waals surface area (Å²) < 4.78 is 28.9. The van der Waals surface area contributed by atoms with Crippen molar-refractivity contribution in [1.29, 1.82) is 0 Å². The van der Waals surface area contributed by atoms with Crippen molar-refractivity contribution in [1.82, 2.24) is 9.88 Å². The summed E-state index contributed by atoms with van der Waals surface area (Å²) in [6.07, 6.45) is 0.341. The number of aliphatic hydroxyl groups is 1. The first-order valence-corrected chi connectivity index (χ1v) is 7.49. The van der Waals surface area contributed by atoms with E-state index >= 15 is 0 Å². The maximum absolute atomic E-state index is 13.6.